The zero-order chi connectivity index (χ0) is 23.6. The number of nitrogens with zero attached hydrogens (tertiary/aromatic N) is 2. The molecule has 2 aromatic rings. The van der Waals surface area contributed by atoms with Crippen LogP contribution in [0.2, 0.25) is 0 Å². The predicted octanol–water partition coefficient (Wildman–Crippen LogP) is 6.96. The van der Waals surface area contributed by atoms with E-state index in [9.17, 15) is 0 Å². The molecule has 0 radical (unpaired) electrons. The van der Waals surface area contributed by atoms with Gasteiger partial charge in [0.05, 0.1) is 0 Å². The fraction of sp³-hybridized carbons (Fsp3) is 0.433. The van der Waals surface area contributed by atoms with Gasteiger partial charge in [-0.25, -0.2) is 0 Å². The molecule has 0 atom stereocenters. The highest BCUT2D eigenvalue weighted by atomic mass is 15.1. The molecule has 1 N–H and O–H groups in total. The second-order valence-corrected chi connectivity index (χ2v) is 9.58. The van der Waals surface area contributed by atoms with Crippen molar-refractivity contribution in [2.24, 2.45) is 10.9 Å². The number of hydrogen-bond donors (Lipinski definition) is 1. The monoisotopic (exact) mass is 443 g/mol. The zero-order valence-corrected chi connectivity index (χ0v) is 21.0. The molecule has 4 rings (SSSR count). The molecule has 1 aliphatic carbocycles. The first-order valence-electron chi connectivity index (χ1n) is 12.4. The van der Waals surface area contributed by atoms with E-state index in [4.69, 9.17) is 0 Å². The van der Waals surface area contributed by atoms with Gasteiger partial charge >= 0.3 is 0 Å². The number of nitrogens with one attached hydrogen (secondary N) is 1. The van der Waals surface area contributed by atoms with Gasteiger partial charge in [-0.05, 0) is 66.5 Å². The maximum atomic E-state index is 4.14. The van der Waals surface area contributed by atoms with Crippen LogP contribution in [-0.4, -0.2) is 17.7 Å². The highest BCUT2D eigenvalue weighted by Crippen LogP contribution is 2.24. The molecule has 0 aromatic heterocycles. The molecule has 1 heterocycles. The maximum Gasteiger partial charge on any atom is 0.0400 e. The largest absolute Gasteiger partial charge is 0.381 e. The number of aryl methyl sites for hydroxylation is 1. The van der Waals surface area contributed by atoms with Crippen LogP contribution in [0.4, 0.5) is 0 Å². The standard InChI is InChI=1S/C25H31N3.C5H10/c1-5-26-15-20(3)21(4)27-16-22-9-11-23(12-10-22)17-28-14-13-25-19(2)7-6-8-24(25)18-28;1-5-3-2-4-5/h5-12,15,27H,4,13-14,16-18H2,1-3H3;5H,2-4H2,1H3/b20-15+,26-5?;. The summed E-state index contributed by atoms with van der Waals surface area (Å²) >= 11 is 0. The summed E-state index contributed by atoms with van der Waals surface area (Å²) in [7, 11) is 0. The fourth-order valence-corrected chi connectivity index (χ4v) is 4.24. The van der Waals surface area contributed by atoms with Gasteiger partial charge in [0.1, 0.15) is 0 Å². The number of allylic oxidation sites excluding steroid dienone is 1. The van der Waals surface area contributed by atoms with Crippen LogP contribution in [0.3, 0.4) is 0 Å². The van der Waals surface area contributed by atoms with Crippen LogP contribution in [0.5, 0.6) is 0 Å². The maximum absolute atomic E-state index is 4.14. The lowest BCUT2D eigenvalue weighted by molar-refractivity contribution is 0.245. The summed E-state index contributed by atoms with van der Waals surface area (Å²) in [5.74, 6) is 1.06. The van der Waals surface area contributed by atoms with Crippen LogP contribution in [0.15, 0.2) is 71.5 Å². The number of aliphatic imine (C=N–C) groups is 1. The van der Waals surface area contributed by atoms with Gasteiger partial charge in [-0.2, -0.15) is 0 Å². The van der Waals surface area contributed by atoms with Crippen LogP contribution in [0.25, 0.3) is 0 Å². The first kappa shape index (κ1) is 25.0. The van der Waals surface area contributed by atoms with Gasteiger partial charge in [0, 0.05) is 44.3 Å². The van der Waals surface area contributed by atoms with Gasteiger partial charge in [-0.3, -0.25) is 9.89 Å². The SMILES string of the molecule is C=C(NCc1ccc(CN2CCc3c(C)cccc3C2)cc1)/C(C)=C/N=CC.CC1CCC1. The first-order valence-corrected chi connectivity index (χ1v) is 12.4. The van der Waals surface area contributed by atoms with Crippen molar-refractivity contribution in [3.05, 3.63) is 94.3 Å². The van der Waals surface area contributed by atoms with Crippen molar-refractivity contribution in [1.29, 1.82) is 0 Å². The summed E-state index contributed by atoms with van der Waals surface area (Å²) in [5, 5.41) is 3.38. The summed E-state index contributed by atoms with van der Waals surface area (Å²) in [6, 6.07) is 15.6. The fourth-order valence-electron chi connectivity index (χ4n) is 4.24. The first-order chi connectivity index (χ1) is 16.0. The van der Waals surface area contributed by atoms with Crippen molar-refractivity contribution < 1.29 is 0 Å². The van der Waals surface area contributed by atoms with Gasteiger partial charge in [0.15, 0.2) is 0 Å². The third-order valence-corrected chi connectivity index (χ3v) is 6.80. The Morgan fingerprint density at radius 2 is 1.85 bits per heavy atom. The number of fused-ring (bicyclic) bond motifs is 1. The minimum Gasteiger partial charge on any atom is -0.381 e. The van der Waals surface area contributed by atoms with E-state index in [1.54, 1.807) is 11.8 Å². The highest BCUT2D eigenvalue weighted by Gasteiger charge is 2.17. The molecule has 176 valence electrons. The smallest absolute Gasteiger partial charge is 0.0400 e. The summed E-state index contributed by atoms with van der Waals surface area (Å²) in [6.07, 6.45) is 9.22. The van der Waals surface area contributed by atoms with Crippen molar-refractivity contribution in [2.45, 2.75) is 73.0 Å². The molecule has 2 aromatic carbocycles. The summed E-state index contributed by atoms with van der Waals surface area (Å²) in [4.78, 5) is 6.68. The quantitative estimate of drug-likeness (QED) is 0.370. The lowest BCUT2D eigenvalue weighted by atomic mass is 9.88. The van der Waals surface area contributed by atoms with Crippen LogP contribution >= 0.6 is 0 Å². The molecule has 1 fully saturated rings. The number of hydrogen-bond acceptors (Lipinski definition) is 3. The molecule has 0 spiro atoms. The molecule has 0 bridgehead atoms. The van der Waals surface area contributed by atoms with Crippen molar-refractivity contribution in [3.63, 3.8) is 0 Å². The van der Waals surface area contributed by atoms with Gasteiger partial charge in [-0.1, -0.05) is 75.2 Å². The Kier molecular flexibility index (Phi) is 9.50. The second kappa shape index (κ2) is 12.6. The Morgan fingerprint density at radius 1 is 1.15 bits per heavy atom. The van der Waals surface area contributed by atoms with Crippen LogP contribution in [-0.2, 0) is 26.1 Å². The highest BCUT2D eigenvalue weighted by molar-refractivity contribution is 5.54. The summed E-state index contributed by atoms with van der Waals surface area (Å²) in [5.41, 5.74) is 9.06. The Labute approximate surface area is 201 Å². The normalized spacial score (nSPS) is 16.5. The third kappa shape index (κ3) is 7.71. The Morgan fingerprint density at radius 3 is 2.48 bits per heavy atom. The summed E-state index contributed by atoms with van der Waals surface area (Å²) < 4.78 is 0. The van der Waals surface area contributed by atoms with Crippen molar-refractivity contribution in [3.8, 4) is 0 Å². The predicted molar refractivity (Wildman–Crippen MR) is 142 cm³/mol. The molecule has 1 aliphatic heterocycles. The lowest BCUT2D eigenvalue weighted by Crippen LogP contribution is -2.30. The van der Waals surface area contributed by atoms with E-state index in [0.29, 0.717) is 0 Å². The topological polar surface area (TPSA) is 27.6 Å². The molecule has 0 saturated heterocycles. The third-order valence-electron chi connectivity index (χ3n) is 6.80. The van der Waals surface area contributed by atoms with E-state index in [2.05, 4.69) is 78.1 Å². The van der Waals surface area contributed by atoms with Crippen LogP contribution < -0.4 is 5.32 Å². The van der Waals surface area contributed by atoms with Crippen molar-refractivity contribution in [1.82, 2.24) is 10.2 Å². The molecule has 3 heteroatoms. The van der Waals surface area contributed by atoms with Crippen LogP contribution in [0, 0.1) is 12.8 Å². The van der Waals surface area contributed by atoms with E-state index in [0.717, 1.165) is 49.8 Å². The minimum atomic E-state index is 0.774. The van der Waals surface area contributed by atoms with E-state index in [1.165, 1.54) is 41.5 Å². The van der Waals surface area contributed by atoms with E-state index in [-0.39, 0.29) is 0 Å². The van der Waals surface area contributed by atoms with E-state index >= 15 is 0 Å². The molecule has 0 unspecified atom stereocenters. The molecule has 1 saturated carbocycles. The molecule has 0 amide bonds. The van der Waals surface area contributed by atoms with Gasteiger partial charge in [0.25, 0.3) is 0 Å². The molecular formula is C30H41N3. The van der Waals surface area contributed by atoms with Crippen LogP contribution in [0.1, 0.15) is 67.9 Å². The minimum absolute atomic E-state index is 0.774. The average molecular weight is 444 g/mol. The van der Waals surface area contributed by atoms with Gasteiger partial charge in [0.2, 0.25) is 0 Å². The van der Waals surface area contributed by atoms with E-state index in [1.807, 2.05) is 20.0 Å². The van der Waals surface area contributed by atoms with Gasteiger partial charge < -0.3 is 5.32 Å². The molecule has 3 nitrogen and oxygen atoms in total. The molecule has 2 aliphatic rings. The second-order valence-electron chi connectivity index (χ2n) is 9.58. The Balaban J connectivity index is 0.000000541. The van der Waals surface area contributed by atoms with Crippen molar-refractivity contribution >= 4 is 6.21 Å². The lowest BCUT2D eigenvalue weighted by Gasteiger charge is -2.29. The van der Waals surface area contributed by atoms with E-state index < -0.39 is 0 Å². The van der Waals surface area contributed by atoms with Crippen molar-refractivity contribution in [2.75, 3.05) is 6.54 Å². The number of rotatable bonds is 7. The summed E-state index contributed by atoms with van der Waals surface area (Å²) in [6.45, 7) is 16.5. The molecule has 33 heavy (non-hydrogen) atoms. The number of benzene rings is 2. The Bertz CT molecular complexity index is 965. The zero-order valence-electron chi connectivity index (χ0n) is 21.0. The van der Waals surface area contributed by atoms with Gasteiger partial charge in [-0.15, -0.1) is 0 Å². The average Bonchev–Trinajstić information content (AvgIpc) is 2.81. The Hall–Kier alpha value is -2.65. The molecular weight excluding hydrogens is 402 g/mol.